The minimum atomic E-state index is -1.27. The Morgan fingerprint density at radius 2 is 1.93 bits per heavy atom. The van der Waals surface area contributed by atoms with Crippen molar-refractivity contribution in [2.45, 2.75) is 51.4 Å². The summed E-state index contributed by atoms with van der Waals surface area (Å²) in [5.41, 5.74) is -2.25. The molecule has 0 atom stereocenters. The molecule has 1 aliphatic rings. The average Bonchev–Trinajstić information content (AvgIpc) is 2.63. The van der Waals surface area contributed by atoms with E-state index in [2.05, 4.69) is 4.98 Å². The molecule has 2 aromatic rings. The van der Waals surface area contributed by atoms with E-state index < -0.39 is 28.7 Å². The number of piperidine rings is 1. The largest absolute Gasteiger partial charge is 0.444 e. The highest BCUT2D eigenvalue weighted by molar-refractivity contribution is 6.29. The molecule has 1 amide bonds. The summed E-state index contributed by atoms with van der Waals surface area (Å²) >= 11 is 5.94. The molecular formula is C21H25ClFN3O4. The Morgan fingerprint density at radius 3 is 2.53 bits per heavy atom. The first-order chi connectivity index (χ1) is 14.0. The fraction of sp³-hybridized carbons (Fsp3) is 0.476. The second-order valence-electron chi connectivity index (χ2n) is 8.50. The predicted octanol–water partition coefficient (Wildman–Crippen LogP) is 3.46. The Kier molecular flexibility index (Phi) is 6.19. The highest BCUT2D eigenvalue weighted by atomic mass is 35.5. The van der Waals surface area contributed by atoms with Crippen LogP contribution in [-0.4, -0.2) is 49.9 Å². The van der Waals surface area contributed by atoms with E-state index in [1.54, 1.807) is 26.8 Å². The van der Waals surface area contributed by atoms with Crippen LogP contribution in [0.1, 0.15) is 33.6 Å². The van der Waals surface area contributed by atoms with Gasteiger partial charge < -0.3 is 14.7 Å². The van der Waals surface area contributed by atoms with Crippen LogP contribution in [-0.2, 0) is 11.3 Å². The van der Waals surface area contributed by atoms with Crippen LogP contribution in [0.2, 0.25) is 5.15 Å². The van der Waals surface area contributed by atoms with Crippen molar-refractivity contribution < 1.29 is 19.0 Å². The molecule has 9 heteroatoms. The number of likely N-dealkylation sites (tertiary alicyclic amines) is 1. The van der Waals surface area contributed by atoms with E-state index in [0.29, 0.717) is 0 Å². The normalized spacial score (nSPS) is 16.4. The van der Waals surface area contributed by atoms with Gasteiger partial charge in [0.25, 0.3) is 5.56 Å². The van der Waals surface area contributed by atoms with Crippen LogP contribution < -0.4 is 5.56 Å². The summed E-state index contributed by atoms with van der Waals surface area (Å²) in [6, 6.07) is 7.06. The van der Waals surface area contributed by atoms with Gasteiger partial charge >= 0.3 is 6.09 Å². The summed E-state index contributed by atoms with van der Waals surface area (Å²) in [4.78, 5) is 30.5. The van der Waals surface area contributed by atoms with Crippen LogP contribution in [0, 0.1) is 5.82 Å². The zero-order chi connectivity index (χ0) is 22.1. The summed E-state index contributed by atoms with van der Waals surface area (Å²) in [6.07, 6.45) is 0.0256. The SMILES string of the molecule is CC(C)(C)OC(=O)N1CCC(O)(Cn2c(-c3ccccc3F)nc(Cl)cc2=O)CC1. The summed E-state index contributed by atoms with van der Waals surface area (Å²) in [5, 5.41) is 11.0. The van der Waals surface area contributed by atoms with Crippen molar-refractivity contribution in [3.05, 3.63) is 51.7 Å². The number of amides is 1. The number of ether oxygens (including phenoxy) is 1. The molecule has 1 N–H and O–H groups in total. The van der Waals surface area contributed by atoms with Crippen molar-refractivity contribution in [2.75, 3.05) is 13.1 Å². The zero-order valence-corrected chi connectivity index (χ0v) is 17.9. The first-order valence-corrected chi connectivity index (χ1v) is 10.1. The molecule has 0 spiro atoms. The van der Waals surface area contributed by atoms with E-state index in [4.69, 9.17) is 16.3 Å². The second-order valence-corrected chi connectivity index (χ2v) is 8.89. The number of aromatic nitrogens is 2. The molecule has 162 valence electrons. The Bertz CT molecular complexity index is 994. The number of hydrogen-bond acceptors (Lipinski definition) is 5. The maximum absolute atomic E-state index is 14.3. The second kappa shape index (κ2) is 8.35. The lowest BCUT2D eigenvalue weighted by atomic mass is 9.91. The summed E-state index contributed by atoms with van der Waals surface area (Å²) < 4.78 is 20.9. The van der Waals surface area contributed by atoms with Crippen LogP contribution in [0.15, 0.2) is 35.1 Å². The molecule has 1 fully saturated rings. The highest BCUT2D eigenvalue weighted by Gasteiger charge is 2.36. The molecule has 1 aromatic carbocycles. The molecule has 7 nitrogen and oxygen atoms in total. The smallest absolute Gasteiger partial charge is 0.410 e. The molecule has 1 saturated heterocycles. The summed E-state index contributed by atoms with van der Waals surface area (Å²) in [6.45, 7) is 5.81. The Morgan fingerprint density at radius 1 is 1.30 bits per heavy atom. The van der Waals surface area contributed by atoms with E-state index >= 15 is 0 Å². The number of aliphatic hydroxyl groups is 1. The molecular weight excluding hydrogens is 413 g/mol. The average molecular weight is 438 g/mol. The fourth-order valence-electron chi connectivity index (χ4n) is 3.36. The first kappa shape index (κ1) is 22.2. The molecule has 0 radical (unpaired) electrons. The third kappa shape index (κ3) is 5.17. The van der Waals surface area contributed by atoms with Gasteiger partial charge in [0, 0.05) is 19.2 Å². The van der Waals surface area contributed by atoms with Crippen LogP contribution in [0.25, 0.3) is 11.4 Å². The lowest BCUT2D eigenvalue weighted by molar-refractivity contribution is -0.0418. The Hall–Kier alpha value is -2.45. The first-order valence-electron chi connectivity index (χ1n) is 9.70. The molecule has 1 aliphatic heterocycles. The van der Waals surface area contributed by atoms with Crippen molar-refractivity contribution in [2.24, 2.45) is 0 Å². The summed E-state index contributed by atoms with van der Waals surface area (Å²) in [5.74, 6) is -0.499. The van der Waals surface area contributed by atoms with Crippen molar-refractivity contribution >= 4 is 17.7 Å². The van der Waals surface area contributed by atoms with Gasteiger partial charge in [-0.3, -0.25) is 9.36 Å². The molecule has 3 rings (SSSR count). The third-order valence-electron chi connectivity index (χ3n) is 4.89. The Labute approximate surface area is 179 Å². The van der Waals surface area contributed by atoms with Crippen LogP contribution in [0.5, 0.6) is 0 Å². The van der Waals surface area contributed by atoms with Gasteiger partial charge in [-0.15, -0.1) is 0 Å². The molecule has 0 bridgehead atoms. The van der Waals surface area contributed by atoms with Gasteiger partial charge in [-0.1, -0.05) is 23.7 Å². The summed E-state index contributed by atoms with van der Waals surface area (Å²) in [7, 11) is 0. The zero-order valence-electron chi connectivity index (χ0n) is 17.2. The maximum atomic E-state index is 14.3. The van der Waals surface area contributed by atoms with Crippen molar-refractivity contribution in [1.82, 2.24) is 14.5 Å². The minimum absolute atomic E-state index is 0.0496. The van der Waals surface area contributed by atoms with Gasteiger partial charge in [0.1, 0.15) is 22.4 Å². The van der Waals surface area contributed by atoms with Crippen LogP contribution in [0.3, 0.4) is 0 Å². The topological polar surface area (TPSA) is 84.7 Å². The number of rotatable bonds is 3. The van der Waals surface area contributed by atoms with Crippen molar-refractivity contribution in [1.29, 1.82) is 0 Å². The molecule has 0 saturated carbocycles. The van der Waals surface area contributed by atoms with Gasteiger partial charge in [-0.2, -0.15) is 0 Å². The third-order valence-corrected chi connectivity index (χ3v) is 5.08. The quantitative estimate of drug-likeness (QED) is 0.743. The number of carbonyl (C=O) groups excluding carboxylic acids is 1. The fourth-order valence-corrected chi connectivity index (χ4v) is 3.54. The van der Waals surface area contributed by atoms with E-state index in [0.717, 1.165) is 6.07 Å². The monoisotopic (exact) mass is 437 g/mol. The number of halogens is 2. The van der Waals surface area contributed by atoms with Gasteiger partial charge in [0.2, 0.25) is 0 Å². The number of benzene rings is 1. The molecule has 2 heterocycles. The van der Waals surface area contributed by atoms with Gasteiger partial charge in [0.05, 0.1) is 17.7 Å². The predicted molar refractivity (Wildman–Crippen MR) is 111 cm³/mol. The highest BCUT2D eigenvalue weighted by Crippen LogP contribution is 2.28. The van der Waals surface area contributed by atoms with E-state index in [-0.39, 0.29) is 49.0 Å². The van der Waals surface area contributed by atoms with E-state index in [1.165, 1.54) is 27.7 Å². The lowest BCUT2D eigenvalue weighted by Crippen LogP contribution is -2.50. The van der Waals surface area contributed by atoms with Gasteiger partial charge in [0.15, 0.2) is 0 Å². The van der Waals surface area contributed by atoms with E-state index in [9.17, 15) is 19.1 Å². The van der Waals surface area contributed by atoms with E-state index in [1.807, 2.05) is 0 Å². The van der Waals surface area contributed by atoms with Crippen LogP contribution in [0.4, 0.5) is 9.18 Å². The minimum Gasteiger partial charge on any atom is -0.444 e. The number of hydrogen-bond donors (Lipinski definition) is 1. The Balaban J connectivity index is 1.83. The standard InChI is InChI=1S/C21H25ClFN3O4/c1-20(2,3)30-19(28)25-10-8-21(29,9-11-25)13-26-17(27)12-16(22)24-18(26)14-6-4-5-7-15(14)23/h4-7,12,29H,8-11,13H2,1-3H3. The van der Waals surface area contributed by atoms with Gasteiger partial charge in [-0.05, 0) is 45.7 Å². The van der Waals surface area contributed by atoms with Crippen LogP contribution >= 0.6 is 11.6 Å². The number of carbonyl (C=O) groups is 1. The van der Waals surface area contributed by atoms with Crippen molar-refractivity contribution in [3.8, 4) is 11.4 Å². The molecule has 30 heavy (non-hydrogen) atoms. The van der Waals surface area contributed by atoms with Crippen molar-refractivity contribution in [3.63, 3.8) is 0 Å². The lowest BCUT2D eigenvalue weighted by Gasteiger charge is -2.39. The maximum Gasteiger partial charge on any atom is 0.410 e. The molecule has 1 aromatic heterocycles. The molecule has 0 unspecified atom stereocenters. The number of nitrogens with zero attached hydrogens (tertiary/aromatic N) is 3. The molecule has 0 aliphatic carbocycles. The van der Waals surface area contributed by atoms with Gasteiger partial charge in [-0.25, -0.2) is 14.2 Å².